The summed E-state index contributed by atoms with van der Waals surface area (Å²) >= 11 is 0. The minimum absolute atomic E-state index is 0.115. The zero-order valence-electron chi connectivity index (χ0n) is 11.9. The van der Waals surface area contributed by atoms with Gasteiger partial charge in [-0.2, -0.15) is 13.2 Å². The van der Waals surface area contributed by atoms with E-state index in [4.69, 9.17) is 14.6 Å². The van der Waals surface area contributed by atoms with Gasteiger partial charge in [0.05, 0.1) is 0 Å². The Bertz CT molecular complexity index is 686. The van der Waals surface area contributed by atoms with Crippen LogP contribution < -0.4 is 9.47 Å². The average molecular weight is 327 g/mol. The van der Waals surface area contributed by atoms with Gasteiger partial charge < -0.3 is 14.6 Å². The number of pyridine rings is 1. The van der Waals surface area contributed by atoms with Crippen LogP contribution in [0.4, 0.5) is 13.2 Å². The average Bonchev–Trinajstić information content (AvgIpc) is 2.48. The quantitative estimate of drug-likeness (QED) is 0.906. The lowest BCUT2D eigenvalue weighted by atomic mass is 10.2. The molecule has 5 nitrogen and oxygen atoms in total. The Morgan fingerprint density at radius 3 is 2.35 bits per heavy atom. The van der Waals surface area contributed by atoms with Crippen LogP contribution in [0, 0.1) is 0 Å². The Morgan fingerprint density at radius 1 is 1.17 bits per heavy atom. The first-order chi connectivity index (χ1) is 10.8. The Labute approximate surface area is 129 Å². The number of nitrogens with zero attached hydrogens (tertiary/aromatic N) is 1. The topological polar surface area (TPSA) is 68.7 Å². The Balaban J connectivity index is 2.15. The van der Waals surface area contributed by atoms with Crippen molar-refractivity contribution in [3.05, 3.63) is 48.2 Å². The summed E-state index contributed by atoms with van der Waals surface area (Å²) in [6, 6.07) is 7.54. The summed E-state index contributed by atoms with van der Waals surface area (Å²) in [5.41, 5.74) is -0.986. The van der Waals surface area contributed by atoms with Gasteiger partial charge in [-0.05, 0) is 43.3 Å². The van der Waals surface area contributed by atoms with Gasteiger partial charge in [0, 0.05) is 6.20 Å². The first-order valence-corrected chi connectivity index (χ1v) is 6.47. The summed E-state index contributed by atoms with van der Waals surface area (Å²) in [6.45, 7) is 1.36. The molecule has 0 aliphatic carbocycles. The lowest BCUT2D eigenvalue weighted by Crippen LogP contribution is -2.22. The van der Waals surface area contributed by atoms with E-state index in [0.29, 0.717) is 0 Å². The van der Waals surface area contributed by atoms with Crippen molar-refractivity contribution in [2.75, 3.05) is 0 Å². The van der Waals surface area contributed by atoms with E-state index in [2.05, 4.69) is 4.98 Å². The molecule has 8 heteroatoms. The van der Waals surface area contributed by atoms with Crippen molar-refractivity contribution in [1.29, 1.82) is 0 Å². The second kappa shape index (κ2) is 6.55. The molecule has 0 saturated heterocycles. The molecule has 0 aliphatic heterocycles. The number of aliphatic carboxylic acids is 1. The van der Waals surface area contributed by atoms with Gasteiger partial charge in [0.15, 0.2) is 6.10 Å². The molecule has 0 radical (unpaired) electrons. The number of carbonyl (C=O) groups is 1. The minimum atomic E-state index is -4.58. The maximum Gasteiger partial charge on any atom is 0.421 e. The van der Waals surface area contributed by atoms with Crippen LogP contribution in [-0.4, -0.2) is 22.2 Å². The highest BCUT2D eigenvalue weighted by molar-refractivity contribution is 5.72. The molecule has 122 valence electrons. The van der Waals surface area contributed by atoms with E-state index in [0.717, 1.165) is 6.07 Å². The number of hydrogen-bond acceptors (Lipinski definition) is 4. The second-order valence-electron chi connectivity index (χ2n) is 4.53. The largest absolute Gasteiger partial charge is 0.479 e. The SMILES string of the molecule is C[C@@H](Oc1ccc(Oc2ncccc2C(F)(F)F)cc1)C(=O)O. The predicted octanol–water partition coefficient (Wildman–Crippen LogP) is 3.74. The monoisotopic (exact) mass is 327 g/mol. The Kier molecular flexibility index (Phi) is 4.73. The minimum Gasteiger partial charge on any atom is -0.479 e. The van der Waals surface area contributed by atoms with E-state index in [1.54, 1.807) is 0 Å². The molecule has 1 heterocycles. The third kappa shape index (κ3) is 4.35. The Hall–Kier alpha value is -2.77. The fraction of sp³-hybridized carbons (Fsp3) is 0.200. The molecular formula is C15H12F3NO4. The molecule has 0 saturated carbocycles. The van der Waals surface area contributed by atoms with Crippen molar-refractivity contribution in [3.63, 3.8) is 0 Å². The van der Waals surface area contributed by atoms with E-state index in [1.165, 1.54) is 43.5 Å². The van der Waals surface area contributed by atoms with Gasteiger partial charge in [-0.15, -0.1) is 0 Å². The van der Waals surface area contributed by atoms with E-state index >= 15 is 0 Å². The van der Waals surface area contributed by atoms with Crippen LogP contribution in [-0.2, 0) is 11.0 Å². The lowest BCUT2D eigenvalue weighted by Gasteiger charge is -2.13. The van der Waals surface area contributed by atoms with E-state index < -0.39 is 29.7 Å². The van der Waals surface area contributed by atoms with E-state index in [9.17, 15) is 18.0 Å². The van der Waals surface area contributed by atoms with Gasteiger partial charge >= 0.3 is 12.1 Å². The molecule has 0 amide bonds. The van der Waals surface area contributed by atoms with Crippen LogP contribution in [0.15, 0.2) is 42.6 Å². The number of halogens is 3. The molecule has 1 aromatic heterocycles. The molecule has 0 unspecified atom stereocenters. The van der Waals surface area contributed by atoms with Crippen LogP contribution in [0.5, 0.6) is 17.4 Å². The molecule has 0 aliphatic rings. The fourth-order valence-corrected chi connectivity index (χ4v) is 1.64. The van der Waals surface area contributed by atoms with E-state index in [1.807, 2.05) is 0 Å². The smallest absolute Gasteiger partial charge is 0.421 e. The van der Waals surface area contributed by atoms with Crippen molar-refractivity contribution < 1.29 is 32.5 Å². The molecule has 1 N–H and O–H groups in total. The van der Waals surface area contributed by atoms with Crippen molar-refractivity contribution >= 4 is 5.97 Å². The van der Waals surface area contributed by atoms with Gasteiger partial charge in [0.2, 0.25) is 5.88 Å². The van der Waals surface area contributed by atoms with Crippen molar-refractivity contribution in [2.24, 2.45) is 0 Å². The highest BCUT2D eigenvalue weighted by Gasteiger charge is 2.35. The maximum absolute atomic E-state index is 12.8. The zero-order valence-corrected chi connectivity index (χ0v) is 11.9. The molecule has 0 spiro atoms. The summed E-state index contributed by atoms with van der Waals surface area (Å²) in [6.07, 6.45) is -4.44. The van der Waals surface area contributed by atoms with Gasteiger partial charge in [0.1, 0.15) is 17.1 Å². The van der Waals surface area contributed by atoms with Crippen molar-refractivity contribution in [3.8, 4) is 17.4 Å². The molecule has 1 atom stereocenters. The highest BCUT2D eigenvalue weighted by atomic mass is 19.4. The van der Waals surface area contributed by atoms with Gasteiger partial charge in [-0.3, -0.25) is 0 Å². The summed E-state index contributed by atoms with van der Waals surface area (Å²) in [5, 5.41) is 8.74. The molecule has 0 fully saturated rings. The summed E-state index contributed by atoms with van der Waals surface area (Å²) in [4.78, 5) is 14.3. The second-order valence-corrected chi connectivity index (χ2v) is 4.53. The normalized spacial score (nSPS) is 12.5. The summed E-state index contributed by atoms with van der Waals surface area (Å²) in [5.74, 6) is -1.32. The molecule has 0 bridgehead atoms. The number of benzene rings is 1. The van der Waals surface area contributed by atoms with Crippen LogP contribution in [0.25, 0.3) is 0 Å². The zero-order chi connectivity index (χ0) is 17.0. The van der Waals surface area contributed by atoms with E-state index in [-0.39, 0.29) is 11.5 Å². The Morgan fingerprint density at radius 2 is 1.78 bits per heavy atom. The predicted molar refractivity (Wildman–Crippen MR) is 73.5 cm³/mol. The van der Waals surface area contributed by atoms with Crippen molar-refractivity contribution in [1.82, 2.24) is 4.98 Å². The summed E-state index contributed by atoms with van der Waals surface area (Å²) in [7, 11) is 0. The molecular weight excluding hydrogens is 315 g/mol. The first-order valence-electron chi connectivity index (χ1n) is 6.47. The van der Waals surface area contributed by atoms with Crippen LogP contribution in [0.3, 0.4) is 0 Å². The van der Waals surface area contributed by atoms with Crippen molar-refractivity contribution in [2.45, 2.75) is 19.2 Å². The fourth-order valence-electron chi connectivity index (χ4n) is 1.64. The number of alkyl halides is 3. The maximum atomic E-state index is 12.8. The van der Waals surface area contributed by atoms with Gasteiger partial charge in [-0.1, -0.05) is 0 Å². The number of rotatable bonds is 5. The molecule has 23 heavy (non-hydrogen) atoms. The number of carboxylic acids is 1. The standard InChI is InChI=1S/C15H12F3NO4/c1-9(14(20)21)22-10-4-6-11(7-5-10)23-13-12(15(16,17)18)3-2-8-19-13/h2-9H,1H3,(H,20,21)/t9-/m1/s1. The van der Waals surface area contributed by atoms with Crippen LogP contribution >= 0.6 is 0 Å². The number of carboxylic acid groups (broad SMARTS) is 1. The molecule has 2 aromatic rings. The third-order valence-electron chi connectivity index (χ3n) is 2.78. The highest BCUT2D eigenvalue weighted by Crippen LogP contribution is 2.36. The first kappa shape index (κ1) is 16.6. The van der Waals surface area contributed by atoms with Gasteiger partial charge in [-0.25, -0.2) is 9.78 Å². The summed E-state index contributed by atoms with van der Waals surface area (Å²) < 4.78 is 48.8. The number of aromatic nitrogens is 1. The molecule has 2 rings (SSSR count). The van der Waals surface area contributed by atoms with Gasteiger partial charge in [0.25, 0.3) is 0 Å². The van der Waals surface area contributed by atoms with Crippen LogP contribution in [0.1, 0.15) is 12.5 Å². The van der Waals surface area contributed by atoms with Crippen LogP contribution in [0.2, 0.25) is 0 Å². The molecule has 1 aromatic carbocycles. The number of ether oxygens (including phenoxy) is 2. The third-order valence-corrected chi connectivity index (χ3v) is 2.78. The number of hydrogen-bond donors (Lipinski definition) is 1. The lowest BCUT2D eigenvalue weighted by molar-refractivity contribution is -0.144.